The van der Waals surface area contributed by atoms with Crippen LogP contribution in [0.4, 0.5) is 5.82 Å². The maximum atomic E-state index is 12.0. The van der Waals surface area contributed by atoms with Gasteiger partial charge in [0.2, 0.25) is 5.91 Å². The first-order valence-electron chi connectivity index (χ1n) is 8.35. The molecule has 0 spiro atoms. The van der Waals surface area contributed by atoms with Gasteiger partial charge in [0, 0.05) is 12.6 Å². The van der Waals surface area contributed by atoms with Gasteiger partial charge in [0.15, 0.2) is 12.0 Å². The van der Waals surface area contributed by atoms with Crippen molar-refractivity contribution in [3.63, 3.8) is 0 Å². The molecule has 0 bridgehead atoms. The lowest BCUT2D eigenvalue weighted by atomic mass is 10.1. The summed E-state index contributed by atoms with van der Waals surface area (Å²) < 4.78 is 19.0. The molecule has 5 atom stereocenters. The van der Waals surface area contributed by atoms with Crippen LogP contribution in [0.25, 0.3) is 0 Å². The average molecular weight is 388 g/mol. The number of nitrogens with two attached hydrogens (primary N) is 2. The summed E-state index contributed by atoms with van der Waals surface area (Å²) in [5.74, 6) is -1.74. The monoisotopic (exact) mass is 388 g/mol. The molecule has 0 aliphatic carbocycles. The second-order valence-corrected chi connectivity index (χ2v) is 5.75. The van der Waals surface area contributed by atoms with Crippen molar-refractivity contribution >= 4 is 17.7 Å². The standard InChI is InChI=1S/C14H21N5O8/c15-6(1-2-8(16)20)13(23)26-5-7-10(21)11(22)12(27-7)19-4-3-9(18-25)17-14(19)24/h3-4,6-7,10-12,21-22,25H,1-2,5,15H2,(H2,16,20)(H,17,18,24)/t6-,7+,10+,11+,12+/m0/s1/i12D. The van der Waals surface area contributed by atoms with E-state index in [2.05, 4.69) is 4.98 Å². The average Bonchev–Trinajstić information content (AvgIpc) is 2.88. The molecular weight excluding hydrogens is 366 g/mol. The molecule has 1 aliphatic rings. The summed E-state index contributed by atoms with van der Waals surface area (Å²) in [6.07, 6.45) is -6.50. The summed E-state index contributed by atoms with van der Waals surface area (Å²) in [5, 5.41) is 29.0. The van der Waals surface area contributed by atoms with Crippen LogP contribution in [0.15, 0.2) is 17.1 Å². The molecule has 0 saturated carbocycles. The number of amides is 1. The molecular formula is C14H21N5O8. The number of rotatable bonds is 8. The van der Waals surface area contributed by atoms with Crippen LogP contribution in [-0.4, -0.2) is 67.8 Å². The minimum Gasteiger partial charge on any atom is -0.462 e. The molecule has 1 amide bonds. The fourth-order valence-corrected chi connectivity index (χ4v) is 2.30. The number of primary amides is 1. The minimum absolute atomic E-state index is 0.0421. The van der Waals surface area contributed by atoms with Crippen LogP contribution >= 0.6 is 0 Å². The molecule has 13 nitrogen and oxygen atoms in total. The van der Waals surface area contributed by atoms with E-state index in [4.69, 9.17) is 27.5 Å². The highest BCUT2D eigenvalue weighted by Gasteiger charge is 2.44. The summed E-state index contributed by atoms with van der Waals surface area (Å²) in [4.78, 5) is 37.9. The molecule has 0 radical (unpaired) electrons. The van der Waals surface area contributed by atoms with Crippen molar-refractivity contribution in [3.8, 4) is 0 Å². The summed E-state index contributed by atoms with van der Waals surface area (Å²) in [6.45, 7) is -0.569. The number of aliphatic hydroxyl groups is 2. The number of esters is 1. The van der Waals surface area contributed by atoms with Crippen LogP contribution < -0.4 is 22.6 Å². The molecule has 1 aromatic heterocycles. The van der Waals surface area contributed by atoms with Crippen LogP contribution in [0.3, 0.4) is 0 Å². The Labute approximate surface area is 153 Å². The fraction of sp³-hybridized carbons (Fsp3) is 0.571. The predicted molar refractivity (Wildman–Crippen MR) is 87.2 cm³/mol. The van der Waals surface area contributed by atoms with Crippen LogP contribution in [0.5, 0.6) is 0 Å². The van der Waals surface area contributed by atoms with Gasteiger partial charge in [0.25, 0.3) is 0 Å². The third-order valence-electron chi connectivity index (χ3n) is 3.78. The van der Waals surface area contributed by atoms with E-state index >= 15 is 0 Å². The highest BCUT2D eigenvalue weighted by molar-refractivity contribution is 5.78. The number of aliphatic hydroxyl groups excluding tert-OH is 2. The molecule has 1 aliphatic heterocycles. The number of carbonyl (C=O) groups excluding carboxylic acids is 2. The highest BCUT2D eigenvalue weighted by Crippen LogP contribution is 2.28. The Balaban J connectivity index is 2.06. The van der Waals surface area contributed by atoms with Crippen LogP contribution in [0, 0.1) is 0 Å². The lowest BCUT2D eigenvalue weighted by Gasteiger charge is -2.17. The Bertz CT molecular complexity index is 791. The number of anilines is 1. The summed E-state index contributed by atoms with van der Waals surface area (Å²) in [5.41, 5.74) is 11.1. The summed E-state index contributed by atoms with van der Waals surface area (Å²) in [7, 11) is 0. The van der Waals surface area contributed by atoms with E-state index in [9.17, 15) is 24.6 Å². The molecule has 8 N–H and O–H groups in total. The first-order valence-corrected chi connectivity index (χ1v) is 7.85. The number of ether oxygens (including phenoxy) is 2. The minimum atomic E-state index is -2.46. The molecule has 1 saturated heterocycles. The number of carbonyl (C=O) groups is 2. The molecule has 1 fully saturated rings. The maximum Gasteiger partial charge on any atom is 0.351 e. The number of hydrogen-bond acceptors (Lipinski definition) is 11. The van der Waals surface area contributed by atoms with Gasteiger partial charge >= 0.3 is 11.7 Å². The van der Waals surface area contributed by atoms with Crippen molar-refractivity contribution in [3.05, 3.63) is 22.7 Å². The van der Waals surface area contributed by atoms with Gasteiger partial charge in [-0.05, 0) is 12.5 Å². The zero-order valence-corrected chi connectivity index (χ0v) is 14.0. The lowest BCUT2D eigenvalue weighted by molar-refractivity contribution is -0.151. The molecule has 0 unspecified atom stereocenters. The van der Waals surface area contributed by atoms with Crippen molar-refractivity contribution in [2.24, 2.45) is 11.5 Å². The van der Waals surface area contributed by atoms with Crippen molar-refractivity contribution < 1.29 is 35.9 Å². The van der Waals surface area contributed by atoms with Gasteiger partial charge in [-0.2, -0.15) is 4.98 Å². The van der Waals surface area contributed by atoms with Crippen LogP contribution in [-0.2, 0) is 19.1 Å². The lowest BCUT2D eigenvalue weighted by Crippen LogP contribution is -2.38. The molecule has 2 heterocycles. The number of hydrogen-bond donors (Lipinski definition) is 6. The molecule has 0 aromatic carbocycles. The first-order chi connectivity index (χ1) is 13.1. The fourth-order valence-electron chi connectivity index (χ4n) is 2.30. The van der Waals surface area contributed by atoms with Crippen LogP contribution in [0.1, 0.15) is 20.4 Å². The smallest absolute Gasteiger partial charge is 0.351 e. The van der Waals surface area contributed by atoms with Gasteiger partial charge in [-0.25, -0.2) is 4.79 Å². The Morgan fingerprint density at radius 1 is 1.48 bits per heavy atom. The molecule has 1 aromatic rings. The molecule has 13 heteroatoms. The van der Waals surface area contributed by atoms with Gasteiger partial charge < -0.3 is 31.2 Å². The van der Waals surface area contributed by atoms with E-state index in [1.165, 1.54) is 0 Å². The van der Waals surface area contributed by atoms with E-state index < -0.39 is 54.7 Å². The van der Waals surface area contributed by atoms with Crippen molar-refractivity contribution in [2.45, 2.75) is 43.4 Å². The zero-order chi connectivity index (χ0) is 21.1. The number of nitrogens with one attached hydrogen (secondary N) is 1. The van der Waals surface area contributed by atoms with Gasteiger partial charge in [0.05, 0.1) is 1.37 Å². The Hall–Kier alpha value is -2.58. The Kier molecular flexibility index (Phi) is 6.31. The topological polar surface area (TPSA) is 212 Å². The quantitative estimate of drug-likeness (QED) is 0.193. The van der Waals surface area contributed by atoms with E-state index in [1.807, 2.05) is 0 Å². The first kappa shape index (κ1) is 19.2. The Morgan fingerprint density at radius 2 is 2.19 bits per heavy atom. The van der Waals surface area contributed by atoms with Crippen LogP contribution in [0.2, 0.25) is 0 Å². The maximum absolute atomic E-state index is 12.0. The second-order valence-electron chi connectivity index (χ2n) is 5.75. The SMILES string of the molecule is [2H][C@@]1(n2ccc(NO)nc2=O)O[C@H](COC(=O)[C@@H](N)CCC(N)=O)[C@@H](O)[C@H]1O. The zero-order valence-electron chi connectivity index (χ0n) is 15.0. The highest BCUT2D eigenvalue weighted by atomic mass is 16.6. The van der Waals surface area contributed by atoms with E-state index in [1.54, 1.807) is 5.48 Å². The number of aromatic nitrogens is 2. The van der Waals surface area contributed by atoms with Gasteiger partial charge in [-0.15, -0.1) is 0 Å². The molecule has 27 heavy (non-hydrogen) atoms. The van der Waals surface area contributed by atoms with E-state index in [0.717, 1.165) is 12.3 Å². The van der Waals surface area contributed by atoms with E-state index in [-0.39, 0.29) is 18.7 Å². The number of nitrogens with zero attached hydrogens (tertiary/aromatic N) is 2. The third-order valence-corrected chi connectivity index (χ3v) is 3.78. The largest absolute Gasteiger partial charge is 0.462 e. The second kappa shape index (κ2) is 8.88. The Morgan fingerprint density at radius 3 is 2.78 bits per heavy atom. The third kappa shape index (κ3) is 4.99. The van der Waals surface area contributed by atoms with Crippen molar-refractivity contribution in [1.29, 1.82) is 0 Å². The van der Waals surface area contributed by atoms with Gasteiger partial charge in [-0.1, -0.05) is 0 Å². The van der Waals surface area contributed by atoms with Crippen molar-refractivity contribution in [1.82, 2.24) is 9.55 Å². The van der Waals surface area contributed by atoms with Crippen molar-refractivity contribution in [2.75, 3.05) is 12.1 Å². The van der Waals surface area contributed by atoms with Gasteiger partial charge in [-0.3, -0.25) is 24.8 Å². The molecule has 150 valence electrons. The normalized spacial score (nSPS) is 29.0. The van der Waals surface area contributed by atoms with Gasteiger partial charge in [0.1, 0.15) is 31.0 Å². The van der Waals surface area contributed by atoms with E-state index in [0.29, 0.717) is 4.57 Å². The summed E-state index contributed by atoms with van der Waals surface area (Å²) >= 11 is 0. The molecule has 2 rings (SSSR count). The summed E-state index contributed by atoms with van der Waals surface area (Å²) in [6, 6.07) is -0.00675. The predicted octanol–water partition coefficient (Wildman–Crippen LogP) is -3.20.